The SMILES string of the molecule is O=C(NC1CCS(=O)(=O)C1)c1ccc(Cn2cccc2)cc1. The number of hydrogen-bond acceptors (Lipinski definition) is 3. The van der Waals surface area contributed by atoms with Gasteiger partial charge >= 0.3 is 0 Å². The van der Waals surface area contributed by atoms with E-state index in [0.717, 1.165) is 12.1 Å². The predicted molar refractivity (Wildman–Crippen MR) is 84.5 cm³/mol. The van der Waals surface area contributed by atoms with Crippen LogP contribution in [0.2, 0.25) is 0 Å². The summed E-state index contributed by atoms with van der Waals surface area (Å²) in [6.07, 6.45) is 4.47. The number of sulfone groups is 1. The van der Waals surface area contributed by atoms with E-state index in [0.29, 0.717) is 12.0 Å². The standard InChI is InChI=1S/C16H18N2O3S/c19-16(17-15-7-10-22(20,21)12-15)14-5-3-13(4-6-14)11-18-8-1-2-9-18/h1-6,8-9,15H,7,10-12H2,(H,17,19). The minimum atomic E-state index is -2.98. The number of amides is 1. The Morgan fingerprint density at radius 1 is 1.18 bits per heavy atom. The topological polar surface area (TPSA) is 68.2 Å². The molecule has 1 unspecified atom stereocenters. The molecule has 0 bridgehead atoms. The van der Waals surface area contributed by atoms with Gasteiger partial charge in [-0.2, -0.15) is 0 Å². The maximum Gasteiger partial charge on any atom is 0.251 e. The van der Waals surface area contributed by atoms with E-state index in [2.05, 4.69) is 9.88 Å². The van der Waals surface area contributed by atoms with E-state index >= 15 is 0 Å². The molecule has 2 aromatic rings. The van der Waals surface area contributed by atoms with E-state index in [4.69, 9.17) is 0 Å². The molecule has 1 aromatic carbocycles. The van der Waals surface area contributed by atoms with Crippen molar-refractivity contribution < 1.29 is 13.2 Å². The minimum absolute atomic E-state index is 0.0461. The van der Waals surface area contributed by atoms with Crippen molar-refractivity contribution in [3.63, 3.8) is 0 Å². The number of aromatic nitrogens is 1. The lowest BCUT2D eigenvalue weighted by atomic mass is 10.1. The summed E-state index contributed by atoms with van der Waals surface area (Å²) in [5.41, 5.74) is 1.66. The van der Waals surface area contributed by atoms with Gasteiger partial charge in [0.25, 0.3) is 5.91 Å². The summed E-state index contributed by atoms with van der Waals surface area (Å²) in [6.45, 7) is 0.760. The van der Waals surface area contributed by atoms with Crippen molar-refractivity contribution in [1.29, 1.82) is 0 Å². The summed E-state index contributed by atoms with van der Waals surface area (Å²) in [4.78, 5) is 12.1. The number of carbonyl (C=O) groups excluding carboxylic acids is 1. The fourth-order valence-corrected chi connectivity index (χ4v) is 4.30. The molecule has 22 heavy (non-hydrogen) atoms. The maximum absolute atomic E-state index is 12.1. The molecule has 0 radical (unpaired) electrons. The molecule has 3 rings (SSSR count). The molecule has 116 valence electrons. The number of nitrogens with one attached hydrogen (secondary N) is 1. The van der Waals surface area contributed by atoms with Crippen LogP contribution >= 0.6 is 0 Å². The predicted octanol–water partition coefficient (Wildman–Crippen LogP) is 1.45. The van der Waals surface area contributed by atoms with Crippen LogP contribution in [-0.2, 0) is 16.4 Å². The van der Waals surface area contributed by atoms with Gasteiger partial charge in [-0.1, -0.05) is 12.1 Å². The van der Waals surface area contributed by atoms with Gasteiger partial charge in [0.1, 0.15) is 0 Å². The van der Waals surface area contributed by atoms with Crippen molar-refractivity contribution in [2.75, 3.05) is 11.5 Å². The zero-order valence-electron chi connectivity index (χ0n) is 12.1. The van der Waals surface area contributed by atoms with Gasteiger partial charge in [-0.15, -0.1) is 0 Å². The van der Waals surface area contributed by atoms with Gasteiger partial charge < -0.3 is 9.88 Å². The first-order valence-electron chi connectivity index (χ1n) is 7.23. The lowest BCUT2D eigenvalue weighted by Gasteiger charge is -2.11. The Hall–Kier alpha value is -2.08. The third-order valence-electron chi connectivity index (χ3n) is 3.82. The summed E-state index contributed by atoms with van der Waals surface area (Å²) in [7, 11) is -2.98. The number of nitrogens with zero attached hydrogens (tertiary/aromatic N) is 1. The average Bonchev–Trinajstić information content (AvgIpc) is 3.09. The molecule has 1 aromatic heterocycles. The summed E-state index contributed by atoms with van der Waals surface area (Å²) >= 11 is 0. The molecular weight excluding hydrogens is 300 g/mol. The summed E-state index contributed by atoms with van der Waals surface area (Å²) < 4.78 is 24.9. The van der Waals surface area contributed by atoms with Crippen molar-refractivity contribution in [1.82, 2.24) is 9.88 Å². The van der Waals surface area contributed by atoms with Crippen LogP contribution < -0.4 is 5.32 Å². The third kappa shape index (κ3) is 3.57. The zero-order chi connectivity index (χ0) is 15.6. The van der Waals surface area contributed by atoms with Gasteiger partial charge in [0.2, 0.25) is 0 Å². The highest BCUT2D eigenvalue weighted by molar-refractivity contribution is 7.91. The van der Waals surface area contributed by atoms with E-state index < -0.39 is 9.84 Å². The summed E-state index contributed by atoms with van der Waals surface area (Å²) in [6, 6.07) is 11.1. The molecule has 1 aliphatic heterocycles. The molecule has 6 heteroatoms. The van der Waals surface area contributed by atoms with Gasteiger partial charge in [-0.05, 0) is 36.2 Å². The Labute approximate surface area is 129 Å². The van der Waals surface area contributed by atoms with Gasteiger partial charge in [0.05, 0.1) is 11.5 Å². The van der Waals surface area contributed by atoms with Gasteiger partial charge in [-0.25, -0.2) is 8.42 Å². The highest BCUT2D eigenvalue weighted by Gasteiger charge is 2.29. The highest BCUT2D eigenvalue weighted by atomic mass is 32.2. The van der Waals surface area contributed by atoms with Crippen molar-refractivity contribution in [2.45, 2.75) is 19.0 Å². The molecule has 1 saturated heterocycles. The highest BCUT2D eigenvalue weighted by Crippen LogP contribution is 2.13. The Kier molecular flexibility index (Phi) is 4.02. The zero-order valence-corrected chi connectivity index (χ0v) is 12.9. The molecule has 1 amide bonds. The molecule has 5 nitrogen and oxygen atoms in total. The van der Waals surface area contributed by atoms with Crippen LogP contribution in [0, 0.1) is 0 Å². The van der Waals surface area contributed by atoms with E-state index in [-0.39, 0.29) is 23.5 Å². The van der Waals surface area contributed by atoms with Crippen molar-refractivity contribution in [3.05, 3.63) is 59.9 Å². The molecule has 0 spiro atoms. The fraction of sp³-hybridized carbons (Fsp3) is 0.312. The summed E-state index contributed by atoms with van der Waals surface area (Å²) in [5, 5.41) is 2.79. The van der Waals surface area contributed by atoms with Crippen molar-refractivity contribution in [3.8, 4) is 0 Å². The second-order valence-electron chi connectivity index (χ2n) is 5.63. The third-order valence-corrected chi connectivity index (χ3v) is 5.58. The van der Waals surface area contributed by atoms with Crippen LogP contribution in [0.15, 0.2) is 48.8 Å². The minimum Gasteiger partial charge on any atom is -0.350 e. The van der Waals surface area contributed by atoms with E-state index in [1.165, 1.54) is 0 Å². The van der Waals surface area contributed by atoms with Crippen LogP contribution in [0.1, 0.15) is 22.3 Å². The lowest BCUT2D eigenvalue weighted by Crippen LogP contribution is -2.35. The van der Waals surface area contributed by atoms with Crippen LogP contribution in [0.3, 0.4) is 0 Å². The van der Waals surface area contributed by atoms with Crippen LogP contribution in [-0.4, -0.2) is 36.4 Å². The van der Waals surface area contributed by atoms with Gasteiger partial charge in [0, 0.05) is 30.5 Å². The normalized spacial score (nSPS) is 19.9. The number of carbonyl (C=O) groups is 1. The van der Waals surface area contributed by atoms with Crippen LogP contribution in [0.25, 0.3) is 0 Å². The second-order valence-corrected chi connectivity index (χ2v) is 7.85. The fourth-order valence-electron chi connectivity index (χ4n) is 2.63. The maximum atomic E-state index is 12.1. The molecule has 1 aliphatic rings. The quantitative estimate of drug-likeness (QED) is 0.928. The molecule has 1 fully saturated rings. The largest absolute Gasteiger partial charge is 0.350 e. The molecule has 1 N–H and O–H groups in total. The van der Waals surface area contributed by atoms with Gasteiger partial charge in [0.15, 0.2) is 9.84 Å². The van der Waals surface area contributed by atoms with Crippen LogP contribution in [0.4, 0.5) is 0 Å². The average molecular weight is 318 g/mol. The van der Waals surface area contributed by atoms with E-state index in [1.807, 2.05) is 36.7 Å². The lowest BCUT2D eigenvalue weighted by molar-refractivity contribution is 0.0941. The molecule has 0 saturated carbocycles. The first kappa shape index (κ1) is 14.8. The summed E-state index contributed by atoms with van der Waals surface area (Å²) in [5.74, 6) is -0.00676. The molecule has 0 aliphatic carbocycles. The monoisotopic (exact) mass is 318 g/mol. The first-order valence-corrected chi connectivity index (χ1v) is 9.05. The molecule has 2 heterocycles. The Morgan fingerprint density at radius 3 is 2.45 bits per heavy atom. The number of hydrogen-bond donors (Lipinski definition) is 1. The first-order chi connectivity index (χ1) is 10.5. The van der Waals surface area contributed by atoms with E-state index in [1.54, 1.807) is 12.1 Å². The molecule has 1 atom stereocenters. The number of benzene rings is 1. The molecular formula is C16H18N2O3S. The van der Waals surface area contributed by atoms with Crippen molar-refractivity contribution >= 4 is 15.7 Å². The Morgan fingerprint density at radius 2 is 1.86 bits per heavy atom. The van der Waals surface area contributed by atoms with E-state index in [9.17, 15) is 13.2 Å². The smallest absolute Gasteiger partial charge is 0.251 e. The Bertz CT molecular complexity index is 749. The van der Waals surface area contributed by atoms with Crippen LogP contribution in [0.5, 0.6) is 0 Å². The second kappa shape index (κ2) is 5.96. The van der Waals surface area contributed by atoms with Crippen molar-refractivity contribution in [2.24, 2.45) is 0 Å². The van der Waals surface area contributed by atoms with Gasteiger partial charge in [-0.3, -0.25) is 4.79 Å². The number of rotatable bonds is 4. The Balaban J connectivity index is 1.61.